The van der Waals surface area contributed by atoms with Crippen molar-refractivity contribution in [1.29, 1.82) is 0 Å². The topological polar surface area (TPSA) is 57.7 Å². The molecule has 1 aromatic rings. The fourth-order valence-corrected chi connectivity index (χ4v) is 5.88. The summed E-state index contributed by atoms with van der Waals surface area (Å²) in [6, 6.07) is 8.42. The molecular weight excluding hydrogens is 336 g/mol. The fourth-order valence-electron chi connectivity index (χ4n) is 4.13. The van der Waals surface area contributed by atoms with E-state index in [-0.39, 0.29) is 17.9 Å². The van der Waals surface area contributed by atoms with E-state index in [4.69, 9.17) is 0 Å². The molecule has 5 nitrogen and oxygen atoms in total. The molecule has 1 saturated carbocycles. The Morgan fingerprint density at radius 1 is 0.920 bits per heavy atom. The summed E-state index contributed by atoms with van der Waals surface area (Å²) >= 11 is 0. The highest BCUT2D eigenvalue weighted by atomic mass is 32.2. The highest BCUT2D eigenvalue weighted by molar-refractivity contribution is 7.89. The summed E-state index contributed by atoms with van der Waals surface area (Å²) in [6.45, 7) is 1.28. The number of amides is 1. The van der Waals surface area contributed by atoms with Crippen LogP contribution in [0.25, 0.3) is 0 Å². The van der Waals surface area contributed by atoms with Crippen molar-refractivity contribution in [3.8, 4) is 0 Å². The van der Waals surface area contributed by atoms with Crippen molar-refractivity contribution in [2.75, 3.05) is 20.1 Å². The van der Waals surface area contributed by atoms with Gasteiger partial charge in [0.15, 0.2) is 0 Å². The SMILES string of the molecule is CN1CCCCCCN(S(=O)(=O)c2ccccc2)C2CCCC2C1=O. The second kappa shape index (κ2) is 7.87. The maximum atomic E-state index is 13.3. The molecule has 0 radical (unpaired) electrons. The van der Waals surface area contributed by atoms with Crippen molar-refractivity contribution in [2.24, 2.45) is 5.92 Å². The Morgan fingerprint density at radius 3 is 2.32 bits per heavy atom. The third-order valence-electron chi connectivity index (χ3n) is 5.51. The van der Waals surface area contributed by atoms with E-state index in [0.717, 1.165) is 51.5 Å². The number of nitrogens with zero attached hydrogens (tertiary/aromatic N) is 2. The van der Waals surface area contributed by atoms with Gasteiger partial charge in [0.25, 0.3) is 0 Å². The van der Waals surface area contributed by atoms with Crippen LogP contribution in [0.5, 0.6) is 0 Å². The van der Waals surface area contributed by atoms with Crippen molar-refractivity contribution < 1.29 is 13.2 Å². The van der Waals surface area contributed by atoms with Gasteiger partial charge in [-0.15, -0.1) is 0 Å². The largest absolute Gasteiger partial charge is 0.345 e. The van der Waals surface area contributed by atoms with E-state index >= 15 is 0 Å². The van der Waals surface area contributed by atoms with Gasteiger partial charge < -0.3 is 4.90 Å². The Hall–Kier alpha value is -1.40. The number of carbonyl (C=O) groups is 1. The zero-order chi connectivity index (χ0) is 17.9. The summed E-state index contributed by atoms with van der Waals surface area (Å²) in [5.41, 5.74) is 0. The Labute approximate surface area is 151 Å². The van der Waals surface area contributed by atoms with Gasteiger partial charge in [-0.2, -0.15) is 4.31 Å². The molecule has 138 valence electrons. The third-order valence-corrected chi connectivity index (χ3v) is 7.45. The summed E-state index contributed by atoms with van der Waals surface area (Å²) in [4.78, 5) is 15.0. The molecule has 1 aliphatic carbocycles. The Balaban J connectivity index is 1.95. The average molecular weight is 365 g/mol. The van der Waals surface area contributed by atoms with Crippen LogP contribution in [-0.2, 0) is 14.8 Å². The van der Waals surface area contributed by atoms with Gasteiger partial charge >= 0.3 is 0 Å². The van der Waals surface area contributed by atoms with E-state index in [0.29, 0.717) is 11.4 Å². The van der Waals surface area contributed by atoms with Gasteiger partial charge in [-0.1, -0.05) is 37.5 Å². The zero-order valence-electron chi connectivity index (χ0n) is 14.9. The van der Waals surface area contributed by atoms with Crippen molar-refractivity contribution in [2.45, 2.75) is 55.9 Å². The van der Waals surface area contributed by atoms with Gasteiger partial charge in [-0.05, 0) is 37.8 Å². The number of sulfonamides is 1. The van der Waals surface area contributed by atoms with Crippen LogP contribution in [0.4, 0.5) is 0 Å². The van der Waals surface area contributed by atoms with Gasteiger partial charge in [0.1, 0.15) is 0 Å². The molecule has 3 rings (SSSR count). The second-order valence-electron chi connectivity index (χ2n) is 7.21. The first-order valence-corrected chi connectivity index (χ1v) is 10.8. The molecule has 6 heteroatoms. The highest BCUT2D eigenvalue weighted by Crippen LogP contribution is 2.35. The lowest BCUT2D eigenvalue weighted by Gasteiger charge is -2.33. The number of rotatable bonds is 2. The quantitative estimate of drug-likeness (QED) is 0.811. The maximum Gasteiger partial charge on any atom is 0.243 e. The summed E-state index contributed by atoms with van der Waals surface area (Å²) < 4.78 is 28.2. The molecule has 0 N–H and O–H groups in total. The number of hydrogen-bond acceptors (Lipinski definition) is 3. The van der Waals surface area contributed by atoms with Crippen LogP contribution < -0.4 is 0 Å². The summed E-state index contributed by atoms with van der Waals surface area (Å²) in [5.74, 6) is -0.0979. The van der Waals surface area contributed by atoms with Crippen LogP contribution in [0, 0.1) is 5.92 Å². The smallest absolute Gasteiger partial charge is 0.243 e. The molecule has 1 amide bonds. The monoisotopic (exact) mass is 364 g/mol. The fraction of sp³-hybridized carbons (Fsp3) is 0.632. The molecule has 0 aromatic heterocycles. The molecular formula is C19H28N2O3S. The van der Waals surface area contributed by atoms with E-state index in [1.807, 2.05) is 18.0 Å². The van der Waals surface area contributed by atoms with Crippen LogP contribution >= 0.6 is 0 Å². The van der Waals surface area contributed by atoms with Gasteiger partial charge in [0.2, 0.25) is 15.9 Å². The van der Waals surface area contributed by atoms with Crippen LogP contribution in [0.3, 0.4) is 0 Å². The molecule has 2 atom stereocenters. The van der Waals surface area contributed by atoms with Crippen LogP contribution in [0.1, 0.15) is 44.9 Å². The maximum absolute atomic E-state index is 13.3. The Kier molecular flexibility index (Phi) is 5.79. The molecule has 0 bridgehead atoms. The minimum atomic E-state index is -3.57. The molecule has 0 spiro atoms. The molecule has 1 saturated heterocycles. The summed E-state index contributed by atoms with van der Waals surface area (Å²) in [7, 11) is -1.72. The highest BCUT2D eigenvalue weighted by Gasteiger charge is 2.42. The van der Waals surface area contributed by atoms with Crippen LogP contribution in [0.2, 0.25) is 0 Å². The number of benzene rings is 1. The molecule has 2 aliphatic rings. The predicted molar refractivity (Wildman–Crippen MR) is 97.6 cm³/mol. The normalized spacial score (nSPS) is 26.9. The van der Waals surface area contributed by atoms with E-state index in [2.05, 4.69) is 0 Å². The van der Waals surface area contributed by atoms with Gasteiger partial charge in [-0.25, -0.2) is 8.42 Å². The van der Waals surface area contributed by atoms with E-state index in [1.165, 1.54) is 0 Å². The van der Waals surface area contributed by atoms with Crippen LogP contribution in [0.15, 0.2) is 35.2 Å². The lowest BCUT2D eigenvalue weighted by Crippen LogP contribution is -2.47. The van der Waals surface area contributed by atoms with Crippen molar-refractivity contribution >= 4 is 15.9 Å². The average Bonchev–Trinajstić information content (AvgIpc) is 3.08. The van der Waals surface area contributed by atoms with Crippen molar-refractivity contribution in [3.05, 3.63) is 30.3 Å². The zero-order valence-corrected chi connectivity index (χ0v) is 15.7. The lowest BCUT2D eigenvalue weighted by molar-refractivity contribution is -0.135. The summed E-state index contributed by atoms with van der Waals surface area (Å²) in [6.07, 6.45) is 6.35. The molecule has 1 aromatic carbocycles. The van der Waals surface area contributed by atoms with E-state index in [9.17, 15) is 13.2 Å². The van der Waals surface area contributed by atoms with E-state index in [1.54, 1.807) is 28.6 Å². The number of carbonyl (C=O) groups excluding carboxylic acids is 1. The number of hydrogen-bond donors (Lipinski definition) is 0. The predicted octanol–water partition coefficient (Wildman–Crippen LogP) is 2.88. The van der Waals surface area contributed by atoms with Gasteiger partial charge in [-0.3, -0.25) is 4.79 Å². The Bertz CT molecular complexity index is 690. The molecule has 2 fully saturated rings. The van der Waals surface area contributed by atoms with Crippen LogP contribution in [-0.4, -0.2) is 49.7 Å². The minimum Gasteiger partial charge on any atom is -0.345 e. The molecule has 25 heavy (non-hydrogen) atoms. The minimum absolute atomic E-state index is 0.109. The van der Waals surface area contributed by atoms with Gasteiger partial charge in [0, 0.05) is 26.2 Å². The third kappa shape index (κ3) is 3.90. The summed E-state index contributed by atoms with van der Waals surface area (Å²) in [5, 5.41) is 0. The first kappa shape index (κ1) is 18.4. The van der Waals surface area contributed by atoms with Crippen molar-refractivity contribution in [1.82, 2.24) is 9.21 Å². The van der Waals surface area contributed by atoms with Crippen molar-refractivity contribution in [3.63, 3.8) is 0 Å². The molecule has 2 unspecified atom stereocenters. The Morgan fingerprint density at radius 2 is 1.60 bits per heavy atom. The van der Waals surface area contributed by atoms with Gasteiger partial charge in [0.05, 0.1) is 10.8 Å². The first-order valence-electron chi connectivity index (χ1n) is 9.33. The second-order valence-corrected chi connectivity index (χ2v) is 9.10. The molecule has 1 heterocycles. The number of fused-ring (bicyclic) bond motifs is 1. The van der Waals surface area contributed by atoms with E-state index < -0.39 is 10.0 Å². The first-order chi connectivity index (χ1) is 12.0. The molecule has 1 aliphatic heterocycles. The standard InChI is InChI=1S/C19H28N2O3S/c1-20-14-7-2-3-8-15-21(18-13-9-12-17(18)19(20)22)25(23,24)16-10-5-4-6-11-16/h4-6,10-11,17-18H,2-3,7-9,12-15H2,1H3. The lowest BCUT2D eigenvalue weighted by atomic mass is 10.0.